The van der Waals surface area contributed by atoms with Crippen molar-refractivity contribution in [3.8, 4) is 0 Å². The zero-order chi connectivity index (χ0) is 17.3. The number of aryl methyl sites for hydroxylation is 2. The van der Waals surface area contributed by atoms with Crippen molar-refractivity contribution < 1.29 is 17.9 Å². The molecule has 1 saturated heterocycles. The second kappa shape index (κ2) is 6.16. The number of ether oxygens (including phenoxy) is 1. The quantitative estimate of drug-likeness (QED) is 0.891. The van der Waals surface area contributed by atoms with Gasteiger partial charge in [0.05, 0.1) is 11.4 Å². The van der Waals surface area contributed by atoms with Gasteiger partial charge in [-0.1, -0.05) is 24.3 Å². The Balaban J connectivity index is 1.80. The summed E-state index contributed by atoms with van der Waals surface area (Å²) in [5.74, 6) is 0. The van der Waals surface area contributed by atoms with Gasteiger partial charge in [-0.15, -0.1) is 0 Å². The van der Waals surface area contributed by atoms with Crippen molar-refractivity contribution >= 4 is 21.8 Å². The Morgan fingerprint density at radius 2 is 1.83 bits per heavy atom. The van der Waals surface area contributed by atoms with E-state index in [0.29, 0.717) is 17.8 Å². The molecular formula is C17H18N2O4S. The Hall–Kier alpha value is -2.54. The molecule has 0 saturated carbocycles. The van der Waals surface area contributed by atoms with Gasteiger partial charge < -0.3 is 10.1 Å². The predicted molar refractivity (Wildman–Crippen MR) is 90.4 cm³/mol. The van der Waals surface area contributed by atoms with Crippen molar-refractivity contribution in [2.45, 2.75) is 24.8 Å². The third kappa shape index (κ3) is 3.35. The Morgan fingerprint density at radius 3 is 2.46 bits per heavy atom. The lowest BCUT2D eigenvalue weighted by Gasteiger charge is -2.12. The molecule has 1 unspecified atom stereocenters. The largest absolute Gasteiger partial charge is 0.439 e. The van der Waals surface area contributed by atoms with Gasteiger partial charge in [0.15, 0.2) is 0 Å². The molecule has 1 atom stereocenters. The highest BCUT2D eigenvalue weighted by molar-refractivity contribution is 7.92. The second-order valence-corrected chi connectivity index (χ2v) is 7.42. The summed E-state index contributed by atoms with van der Waals surface area (Å²) in [7, 11) is -3.65. The van der Waals surface area contributed by atoms with E-state index in [1.165, 1.54) is 0 Å². The lowest BCUT2D eigenvalue weighted by Crippen LogP contribution is -2.14. The van der Waals surface area contributed by atoms with Crippen LogP contribution < -0.4 is 10.0 Å². The van der Waals surface area contributed by atoms with Gasteiger partial charge in [0.2, 0.25) is 0 Å². The standard InChI is InChI=1S/C17H18N2O4S/c1-11-3-4-12(2)16(9-11)24(21,22)19-14-7-5-13(6-8-14)15-10-18-17(20)23-15/h3-9,15,19H,10H2,1-2H3,(H,18,20). The lowest BCUT2D eigenvalue weighted by atomic mass is 10.1. The summed E-state index contributed by atoms with van der Waals surface area (Å²) < 4.78 is 32.8. The van der Waals surface area contributed by atoms with Crippen LogP contribution in [-0.2, 0) is 14.8 Å². The molecule has 0 radical (unpaired) electrons. The van der Waals surface area contributed by atoms with E-state index in [1.54, 1.807) is 43.3 Å². The number of alkyl carbamates (subject to hydrolysis) is 1. The van der Waals surface area contributed by atoms with Crippen molar-refractivity contribution in [2.75, 3.05) is 11.3 Å². The van der Waals surface area contributed by atoms with Crippen molar-refractivity contribution in [3.63, 3.8) is 0 Å². The average molecular weight is 346 g/mol. The molecule has 0 aliphatic carbocycles. The number of hydrogen-bond donors (Lipinski definition) is 2. The maximum absolute atomic E-state index is 12.6. The predicted octanol–water partition coefficient (Wildman–Crippen LogP) is 2.89. The molecule has 7 heteroatoms. The van der Waals surface area contributed by atoms with Crippen LogP contribution >= 0.6 is 0 Å². The molecule has 1 heterocycles. The summed E-state index contributed by atoms with van der Waals surface area (Å²) in [5.41, 5.74) is 2.83. The molecule has 2 aromatic carbocycles. The second-order valence-electron chi connectivity index (χ2n) is 5.77. The molecule has 126 valence electrons. The van der Waals surface area contributed by atoms with Crippen LogP contribution in [0.3, 0.4) is 0 Å². The van der Waals surface area contributed by atoms with E-state index in [1.807, 2.05) is 13.0 Å². The topological polar surface area (TPSA) is 84.5 Å². The average Bonchev–Trinajstić information content (AvgIpc) is 2.96. The van der Waals surface area contributed by atoms with Gasteiger partial charge in [0.1, 0.15) is 6.10 Å². The Kier molecular flexibility index (Phi) is 4.19. The third-order valence-electron chi connectivity index (χ3n) is 3.85. The van der Waals surface area contributed by atoms with Gasteiger partial charge in [-0.3, -0.25) is 4.72 Å². The first-order valence-electron chi connectivity index (χ1n) is 7.50. The van der Waals surface area contributed by atoms with E-state index in [9.17, 15) is 13.2 Å². The van der Waals surface area contributed by atoms with Crippen molar-refractivity contribution in [1.29, 1.82) is 0 Å². The number of benzene rings is 2. The van der Waals surface area contributed by atoms with Crippen LogP contribution in [0.4, 0.5) is 10.5 Å². The van der Waals surface area contributed by atoms with E-state index < -0.39 is 16.1 Å². The fraction of sp³-hybridized carbons (Fsp3) is 0.235. The van der Waals surface area contributed by atoms with Gasteiger partial charge >= 0.3 is 6.09 Å². The molecule has 2 aromatic rings. The molecular weight excluding hydrogens is 328 g/mol. The number of rotatable bonds is 4. The normalized spacial score (nSPS) is 17.2. The smallest absolute Gasteiger partial charge is 0.407 e. The van der Waals surface area contributed by atoms with Crippen LogP contribution in [0, 0.1) is 13.8 Å². The van der Waals surface area contributed by atoms with Gasteiger partial charge in [-0.05, 0) is 48.7 Å². The number of sulfonamides is 1. The molecule has 1 fully saturated rings. The number of carbonyl (C=O) groups is 1. The third-order valence-corrected chi connectivity index (χ3v) is 5.37. The highest BCUT2D eigenvalue weighted by Gasteiger charge is 2.24. The SMILES string of the molecule is Cc1ccc(C)c(S(=O)(=O)Nc2ccc(C3CNC(=O)O3)cc2)c1. The minimum Gasteiger partial charge on any atom is -0.439 e. The fourth-order valence-electron chi connectivity index (χ4n) is 2.55. The molecule has 3 rings (SSSR count). The van der Waals surface area contributed by atoms with Crippen LogP contribution in [0.15, 0.2) is 47.4 Å². The van der Waals surface area contributed by atoms with Gasteiger partial charge in [0, 0.05) is 5.69 Å². The number of amides is 1. The Morgan fingerprint density at radius 1 is 1.12 bits per heavy atom. The summed E-state index contributed by atoms with van der Waals surface area (Å²) in [6.45, 7) is 4.02. The van der Waals surface area contributed by atoms with E-state index in [0.717, 1.165) is 11.1 Å². The van der Waals surface area contributed by atoms with Crippen LogP contribution in [0.25, 0.3) is 0 Å². The van der Waals surface area contributed by atoms with Crippen molar-refractivity contribution in [2.24, 2.45) is 0 Å². The first-order valence-corrected chi connectivity index (χ1v) is 8.98. The molecule has 2 N–H and O–H groups in total. The molecule has 1 aliphatic rings. The van der Waals surface area contributed by atoms with E-state index >= 15 is 0 Å². The zero-order valence-corrected chi connectivity index (χ0v) is 14.2. The summed E-state index contributed by atoms with van der Waals surface area (Å²) in [5, 5.41) is 2.58. The Bertz CT molecular complexity index is 876. The van der Waals surface area contributed by atoms with Crippen molar-refractivity contribution in [3.05, 3.63) is 59.2 Å². The lowest BCUT2D eigenvalue weighted by molar-refractivity contribution is 0.141. The van der Waals surface area contributed by atoms with Crippen LogP contribution in [0.1, 0.15) is 22.8 Å². The number of hydrogen-bond acceptors (Lipinski definition) is 4. The monoisotopic (exact) mass is 346 g/mol. The highest BCUT2D eigenvalue weighted by Crippen LogP contribution is 2.24. The molecule has 24 heavy (non-hydrogen) atoms. The van der Waals surface area contributed by atoms with Crippen LogP contribution in [0.2, 0.25) is 0 Å². The summed E-state index contributed by atoms with van der Waals surface area (Å²) >= 11 is 0. The number of anilines is 1. The maximum Gasteiger partial charge on any atom is 0.407 e. The molecule has 0 spiro atoms. The molecule has 0 aromatic heterocycles. The van der Waals surface area contributed by atoms with Crippen LogP contribution in [-0.4, -0.2) is 21.1 Å². The minimum absolute atomic E-state index is 0.264. The maximum atomic E-state index is 12.6. The first kappa shape index (κ1) is 16.3. The van der Waals surface area contributed by atoms with E-state index in [2.05, 4.69) is 10.0 Å². The van der Waals surface area contributed by atoms with E-state index in [-0.39, 0.29) is 11.0 Å². The van der Waals surface area contributed by atoms with Crippen LogP contribution in [0.5, 0.6) is 0 Å². The van der Waals surface area contributed by atoms with Gasteiger partial charge in [-0.25, -0.2) is 13.2 Å². The number of cyclic esters (lactones) is 1. The first-order chi connectivity index (χ1) is 11.3. The number of nitrogens with one attached hydrogen (secondary N) is 2. The Labute approximate surface area is 140 Å². The molecule has 1 aliphatic heterocycles. The minimum atomic E-state index is -3.65. The van der Waals surface area contributed by atoms with Crippen molar-refractivity contribution in [1.82, 2.24) is 5.32 Å². The summed E-state index contributed by atoms with van der Waals surface area (Å²) in [6.07, 6.45) is -0.790. The summed E-state index contributed by atoms with van der Waals surface area (Å²) in [6, 6.07) is 12.1. The highest BCUT2D eigenvalue weighted by atomic mass is 32.2. The molecule has 1 amide bonds. The number of carbonyl (C=O) groups excluding carboxylic acids is 1. The molecule has 6 nitrogen and oxygen atoms in total. The van der Waals surface area contributed by atoms with Gasteiger partial charge in [0.25, 0.3) is 10.0 Å². The zero-order valence-electron chi connectivity index (χ0n) is 13.4. The van der Waals surface area contributed by atoms with Gasteiger partial charge in [-0.2, -0.15) is 0 Å². The van der Waals surface area contributed by atoms with E-state index in [4.69, 9.17) is 4.74 Å². The summed E-state index contributed by atoms with van der Waals surface area (Å²) in [4.78, 5) is 11.3. The molecule has 0 bridgehead atoms. The fourth-order valence-corrected chi connectivity index (χ4v) is 3.94.